The van der Waals surface area contributed by atoms with Gasteiger partial charge in [0.05, 0.1) is 13.2 Å². The van der Waals surface area contributed by atoms with Crippen LogP contribution >= 0.6 is 17.0 Å². The lowest BCUT2D eigenvalue weighted by atomic mass is 10.1. The van der Waals surface area contributed by atoms with Crippen LogP contribution in [0.15, 0.2) is 12.1 Å². The van der Waals surface area contributed by atoms with Crippen LogP contribution in [-0.4, -0.2) is 13.2 Å². The van der Waals surface area contributed by atoms with Crippen molar-refractivity contribution in [1.29, 1.82) is 0 Å². The smallest absolute Gasteiger partial charge is 0.122 e. The second-order valence-electron chi connectivity index (χ2n) is 7.62. The molecule has 0 aliphatic rings. The lowest BCUT2D eigenvalue weighted by molar-refractivity contribution is 0.293. The minimum absolute atomic E-state index is 0. The van der Waals surface area contributed by atoms with Gasteiger partial charge in [-0.2, -0.15) is 0 Å². The second kappa shape index (κ2) is 17.4. The first-order valence-corrected chi connectivity index (χ1v) is 11.1. The third-order valence-electron chi connectivity index (χ3n) is 4.98. The minimum Gasteiger partial charge on any atom is -0.493 e. The predicted octanol–water partition coefficient (Wildman–Crippen LogP) is 8.36. The van der Waals surface area contributed by atoms with Crippen LogP contribution in [0.25, 0.3) is 0 Å². The monoisotopic (exact) mass is 442 g/mol. The van der Waals surface area contributed by atoms with Gasteiger partial charge in [-0.1, -0.05) is 78.1 Å². The summed E-state index contributed by atoms with van der Waals surface area (Å²) in [4.78, 5) is 0. The van der Waals surface area contributed by atoms with Crippen molar-refractivity contribution in [3.63, 3.8) is 0 Å². The molecule has 0 aliphatic heterocycles. The summed E-state index contributed by atoms with van der Waals surface area (Å²) in [7, 11) is 0. The molecule has 0 atom stereocenters. The number of hydrogen-bond donors (Lipinski definition) is 0. The van der Waals surface area contributed by atoms with Gasteiger partial charge in [-0.05, 0) is 49.9 Å². The highest BCUT2D eigenvalue weighted by Crippen LogP contribution is 2.28. The third-order valence-corrected chi connectivity index (χ3v) is 4.98. The standard InChI is InChI=1S/C24H42O2.BrH/c1-5-7-9-11-13-15-17-25-23-19-22(4)24(20-21(23)3)26-18-16-14-12-10-8-6-2;/h19-20H,5-18H2,1-4H3;1H. The maximum absolute atomic E-state index is 6.00. The van der Waals surface area contributed by atoms with Gasteiger partial charge in [0, 0.05) is 0 Å². The van der Waals surface area contributed by atoms with E-state index in [9.17, 15) is 0 Å². The quantitative estimate of drug-likeness (QED) is 0.239. The molecule has 0 saturated carbocycles. The van der Waals surface area contributed by atoms with Crippen molar-refractivity contribution in [3.8, 4) is 11.5 Å². The summed E-state index contributed by atoms with van der Waals surface area (Å²) in [6, 6.07) is 4.28. The first kappa shape index (κ1) is 26.3. The van der Waals surface area contributed by atoms with Gasteiger partial charge in [-0.3, -0.25) is 0 Å². The van der Waals surface area contributed by atoms with Crippen LogP contribution in [0.1, 0.15) is 102 Å². The molecule has 0 unspecified atom stereocenters. The summed E-state index contributed by atoms with van der Waals surface area (Å²) in [5.41, 5.74) is 2.36. The Morgan fingerprint density at radius 2 is 0.889 bits per heavy atom. The van der Waals surface area contributed by atoms with Crippen molar-refractivity contribution < 1.29 is 9.47 Å². The molecule has 0 aliphatic carbocycles. The molecule has 0 aromatic heterocycles. The Morgan fingerprint density at radius 1 is 0.556 bits per heavy atom. The number of hydrogen-bond acceptors (Lipinski definition) is 2. The van der Waals surface area contributed by atoms with E-state index in [0.717, 1.165) is 37.6 Å². The molecule has 0 fully saturated rings. The van der Waals surface area contributed by atoms with Gasteiger partial charge in [-0.15, -0.1) is 17.0 Å². The fourth-order valence-corrected chi connectivity index (χ4v) is 3.20. The molecule has 0 spiro atoms. The molecule has 27 heavy (non-hydrogen) atoms. The van der Waals surface area contributed by atoms with E-state index >= 15 is 0 Å². The largest absolute Gasteiger partial charge is 0.493 e. The molecule has 0 saturated heterocycles. The molecular weight excluding hydrogens is 400 g/mol. The summed E-state index contributed by atoms with van der Waals surface area (Å²) in [6.45, 7) is 10.4. The van der Waals surface area contributed by atoms with Crippen molar-refractivity contribution in [2.75, 3.05) is 13.2 Å². The number of unbranched alkanes of at least 4 members (excludes halogenated alkanes) is 10. The van der Waals surface area contributed by atoms with Crippen molar-refractivity contribution in [2.45, 2.75) is 105 Å². The topological polar surface area (TPSA) is 18.5 Å². The molecule has 3 heteroatoms. The number of halogens is 1. The highest BCUT2D eigenvalue weighted by atomic mass is 79.9. The van der Waals surface area contributed by atoms with Gasteiger partial charge in [0.15, 0.2) is 0 Å². The Hall–Kier alpha value is -0.700. The van der Waals surface area contributed by atoms with E-state index in [0.29, 0.717) is 0 Å². The fraction of sp³-hybridized carbons (Fsp3) is 0.750. The maximum atomic E-state index is 6.00. The van der Waals surface area contributed by atoms with Crippen LogP contribution in [0.2, 0.25) is 0 Å². The molecule has 0 radical (unpaired) electrons. The molecule has 1 rings (SSSR count). The van der Waals surface area contributed by atoms with Crippen LogP contribution in [0.3, 0.4) is 0 Å². The number of aryl methyl sites for hydroxylation is 2. The Labute approximate surface area is 179 Å². The third kappa shape index (κ3) is 12.4. The molecule has 0 bridgehead atoms. The Kier molecular flexibility index (Phi) is 17.0. The molecule has 1 aromatic rings. The van der Waals surface area contributed by atoms with E-state index in [1.54, 1.807) is 0 Å². The molecule has 0 N–H and O–H groups in total. The van der Waals surface area contributed by atoms with Gasteiger partial charge in [0.2, 0.25) is 0 Å². The SMILES string of the molecule is Br.CCCCCCCCOc1cc(C)c(OCCCCCCCC)cc1C. The predicted molar refractivity (Wildman–Crippen MR) is 124 cm³/mol. The van der Waals surface area contributed by atoms with Crippen LogP contribution in [0.5, 0.6) is 11.5 Å². The van der Waals surface area contributed by atoms with Gasteiger partial charge in [0.25, 0.3) is 0 Å². The summed E-state index contributed by atoms with van der Waals surface area (Å²) in [6.07, 6.45) is 15.6. The lowest BCUT2D eigenvalue weighted by Gasteiger charge is -2.14. The Bertz CT molecular complexity index is 430. The van der Waals surface area contributed by atoms with Crippen LogP contribution in [0.4, 0.5) is 0 Å². The lowest BCUT2D eigenvalue weighted by Crippen LogP contribution is -2.02. The maximum Gasteiger partial charge on any atom is 0.122 e. The molecule has 2 nitrogen and oxygen atoms in total. The zero-order chi connectivity index (χ0) is 19.0. The number of ether oxygens (including phenoxy) is 2. The molecular formula is C24H43BrO2. The van der Waals surface area contributed by atoms with Crippen LogP contribution < -0.4 is 9.47 Å². The van der Waals surface area contributed by atoms with E-state index < -0.39 is 0 Å². The first-order valence-electron chi connectivity index (χ1n) is 11.1. The highest BCUT2D eigenvalue weighted by molar-refractivity contribution is 8.93. The number of benzene rings is 1. The van der Waals surface area contributed by atoms with Gasteiger partial charge in [0.1, 0.15) is 11.5 Å². The molecule has 1 aromatic carbocycles. The molecule has 0 heterocycles. The van der Waals surface area contributed by atoms with E-state index in [1.165, 1.54) is 75.3 Å². The fourth-order valence-electron chi connectivity index (χ4n) is 3.20. The van der Waals surface area contributed by atoms with Gasteiger partial charge >= 0.3 is 0 Å². The average molecular weight is 444 g/mol. The zero-order valence-corrected chi connectivity index (χ0v) is 20.0. The van der Waals surface area contributed by atoms with Crippen molar-refractivity contribution in [1.82, 2.24) is 0 Å². The van der Waals surface area contributed by atoms with E-state index in [4.69, 9.17) is 9.47 Å². The summed E-state index contributed by atoms with van der Waals surface area (Å²) >= 11 is 0. The van der Waals surface area contributed by atoms with Gasteiger partial charge < -0.3 is 9.47 Å². The van der Waals surface area contributed by atoms with Crippen LogP contribution in [-0.2, 0) is 0 Å². The van der Waals surface area contributed by atoms with E-state index in [1.807, 2.05) is 0 Å². The normalized spacial score (nSPS) is 10.5. The van der Waals surface area contributed by atoms with Crippen molar-refractivity contribution in [2.24, 2.45) is 0 Å². The Balaban J connectivity index is 0.00000676. The van der Waals surface area contributed by atoms with Crippen molar-refractivity contribution >= 4 is 17.0 Å². The van der Waals surface area contributed by atoms with E-state index in [2.05, 4.69) is 39.8 Å². The molecule has 158 valence electrons. The summed E-state index contributed by atoms with van der Waals surface area (Å²) in [5, 5.41) is 0. The minimum atomic E-state index is 0. The van der Waals surface area contributed by atoms with Gasteiger partial charge in [-0.25, -0.2) is 0 Å². The summed E-state index contributed by atoms with van der Waals surface area (Å²) < 4.78 is 12.0. The zero-order valence-electron chi connectivity index (χ0n) is 18.3. The average Bonchev–Trinajstić information content (AvgIpc) is 2.63. The molecule has 0 amide bonds. The Morgan fingerprint density at radius 3 is 1.26 bits per heavy atom. The summed E-state index contributed by atoms with van der Waals surface area (Å²) in [5.74, 6) is 2.03. The van der Waals surface area contributed by atoms with Crippen molar-refractivity contribution in [3.05, 3.63) is 23.3 Å². The number of rotatable bonds is 16. The first-order chi connectivity index (χ1) is 12.7. The van der Waals surface area contributed by atoms with Crippen LogP contribution in [0, 0.1) is 13.8 Å². The highest BCUT2D eigenvalue weighted by Gasteiger charge is 2.07. The second-order valence-corrected chi connectivity index (χ2v) is 7.62. The van der Waals surface area contributed by atoms with E-state index in [-0.39, 0.29) is 17.0 Å².